The van der Waals surface area contributed by atoms with Gasteiger partial charge in [0.05, 0.1) is 10.6 Å². The van der Waals surface area contributed by atoms with Crippen LogP contribution in [0.3, 0.4) is 0 Å². The van der Waals surface area contributed by atoms with E-state index in [-0.39, 0.29) is 29.6 Å². The lowest BCUT2D eigenvalue weighted by Gasteiger charge is -2.34. The number of hydrogen-bond acceptors (Lipinski definition) is 5. The molecule has 2 aliphatic rings. The molecule has 2 saturated heterocycles. The molecular weight excluding hydrogens is 474 g/mol. The molecule has 0 saturated carbocycles. The Bertz CT molecular complexity index is 1210. The molecule has 4 rings (SSSR count). The molecule has 2 aromatic carbocycles. The fourth-order valence-corrected chi connectivity index (χ4v) is 7.39. The minimum absolute atomic E-state index is 0.0724. The molecule has 10 heteroatoms. The van der Waals surface area contributed by atoms with Gasteiger partial charge in [-0.3, -0.25) is 4.79 Å². The van der Waals surface area contributed by atoms with Crippen LogP contribution in [0.2, 0.25) is 0 Å². The van der Waals surface area contributed by atoms with Crippen LogP contribution in [0.4, 0.5) is 0 Å². The molecule has 0 N–H and O–H groups in total. The van der Waals surface area contributed by atoms with Gasteiger partial charge < -0.3 is 4.90 Å². The number of aryl methyl sites for hydroxylation is 1. The third kappa shape index (κ3) is 5.51. The molecule has 184 valence electrons. The van der Waals surface area contributed by atoms with Crippen molar-refractivity contribution in [3.05, 3.63) is 65.2 Å². The molecule has 0 bridgehead atoms. The molecular formula is C24H31N3O5S2. The quantitative estimate of drug-likeness (QED) is 0.601. The van der Waals surface area contributed by atoms with Crippen LogP contribution < -0.4 is 0 Å². The second-order valence-corrected chi connectivity index (χ2v) is 12.8. The van der Waals surface area contributed by atoms with Gasteiger partial charge in [0.1, 0.15) is 0 Å². The molecule has 0 atom stereocenters. The van der Waals surface area contributed by atoms with Crippen molar-refractivity contribution in [3.63, 3.8) is 0 Å². The van der Waals surface area contributed by atoms with E-state index in [1.165, 1.54) is 4.31 Å². The second-order valence-electron chi connectivity index (χ2n) is 8.92. The van der Waals surface area contributed by atoms with Crippen LogP contribution in [0.1, 0.15) is 40.7 Å². The van der Waals surface area contributed by atoms with Gasteiger partial charge in [0.15, 0.2) is 0 Å². The highest BCUT2D eigenvalue weighted by atomic mass is 32.2. The smallest absolute Gasteiger partial charge is 0.253 e. The van der Waals surface area contributed by atoms with E-state index in [1.807, 2.05) is 6.92 Å². The Hall–Kier alpha value is -2.27. The van der Waals surface area contributed by atoms with Crippen LogP contribution in [0.5, 0.6) is 0 Å². The van der Waals surface area contributed by atoms with Gasteiger partial charge >= 0.3 is 0 Å². The van der Waals surface area contributed by atoms with Crippen molar-refractivity contribution in [3.8, 4) is 0 Å². The minimum atomic E-state index is -3.59. The minimum Gasteiger partial charge on any atom is -0.336 e. The van der Waals surface area contributed by atoms with Crippen LogP contribution in [0.15, 0.2) is 53.4 Å². The first-order valence-electron chi connectivity index (χ1n) is 11.6. The Morgan fingerprint density at radius 3 is 1.91 bits per heavy atom. The summed E-state index contributed by atoms with van der Waals surface area (Å²) in [6.45, 7) is 4.11. The highest BCUT2D eigenvalue weighted by Gasteiger charge is 2.30. The standard InChI is InChI=1S/C24H31N3O5S2/c1-20-5-11-23(12-6-20)34(31,32)27-17-15-25(16-18-27)24(28)22-9-7-21(8-10-22)19-33(29,30)26-13-3-2-4-14-26/h5-12H,2-4,13-19H2,1H3. The molecule has 2 heterocycles. The molecule has 0 radical (unpaired) electrons. The van der Waals surface area contributed by atoms with E-state index in [1.54, 1.807) is 57.7 Å². The lowest BCUT2D eigenvalue weighted by atomic mass is 10.1. The third-order valence-corrected chi connectivity index (χ3v) is 10.2. The number of piperidine rings is 1. The van der Waals surface area contributed by atoms with Gasteiger partial charge in [0.25, 0.3) is 5.91 Å². The summed E-state index contributed by atoms with van der Waals surface area (Å²) >= 11 is 0. The van der Waals surface area contributed by atoms with Gasteiger partial charge in [-0.25, -0.2) is 21.1 Å². The summed E-state index contributed by atoms with van der Waals surface area (Å²) in [6, 6.07) is 13.4. The Balaban J connectivity index is 1.35. The van der Waals surface area contributed by atoms with Gasteiger partial charge in [0.2, 0.25) is 20.0 Å². The monoisotopic (exact) mass is 505 g/mol. The lowest BCUT2D eigenvalue weighted by molar-refractivity contribution is 0.0698. The van der Waals surface area contributed by atoms with Crippen molar-refractivity contribution >= 4 is 26.0 Å². The second kappa shape index (κ2) is 10.2. The molecule has 0 aliphatic carbocycles. The van der Waals surface area contributed by atoms with Crippen LogP contribution in [-0.4, -0.2) is 75.5 Å². The average Bonchev–Trinajstić information content (AvgIpc) is 2.85. The summed E-state index contributed by atoms with van der Waals surface area (Å²) in [5.74, 6) is -0.255. The Labute approximate surface area is 202 Å². The lowest BCUT2D eigenvalue weighted by Crippen LogP contribution is -2.50. The summed E-state index contributed by atoms with van der Waals surface area (Å²) < 4.78 is 54.0. The third-order valence-electron chi connectivity index (χ3n) is 6.44. The maximum absolute atomic E-state index is 12.9. The number of benzene rings is 2. The van der Waals surface area contributed by atoms with Crippen molar-refractivity contribution in [2.24, 2.45) is 0 Å². The number of piperazine rings is 1. The van der Waals surface area contributed by atoms with Crippen molar-refractivity contribution in [1.29, 1.82) is 0 Å². The van der Waals surface area contributed by atoms with E-state index in [2.05, 4.69) is 0 Å². The summed E-state index contributed by atoms with van der Waals surface area (Å²) in [5, 5.41) is 0. The summed E-state index contributed by atoms with van der Waals surface area (Å²) in [6.07, 6.45) is 2.85. The maximum atomic E-state index is 12.9. The summed E-state index contributed by atoms with van der Waals surface area (Å²) in [5.41, 5.74) is 2.11. The number of carbonyl (C=O) groups is 1. The normalized spacial score (nSPS) is 18.7. The fourth-order valence-electron chi connectivity index (χ4n) is 4.36. The molecule has 0 spiro atoms. The zero-order chi connectivity index (χ0) is 24.3. The van der Waals surface area contributed by atoms with Crippen LogP contribution in [0, 0.1) is 6.92 Å². The number of hydrogen-bond donors (Lipinski definition) is 0. The topological polar surface area (TPSA) is 95.1 Å². The summed E-state index contributed by atoms with van der Waals surface area (Å²) in [4.78, 5) is 14.8. The highest BCUT2D eigenvalue weighted by molar-refractivity contribution is 7.89. The van der Waals surface area contributed by atoms with E-state index in [0.29, 0.717) is 37.3 Å². The van der Waals surface area contributed by atoms with E-state index in [0.717, 1.165) is 24.8 Å². The Kier molecular flexibility index (Phi) is 7.42. The number of rotatable bonds is 6. The van der Waals surface area contributed by atoms with Crippen molar-refractivity contribution in [1.82, 2.24) is 13.5 Å². The number of amides is 1. The first-order valence-corrected chi connectivity index (χ1v) is 14.6. The van der Waals surface area contributed by atoms with Crippen molar-refractivity contribution in [2.75, 3.05) is 39.3 Å². The largest absolute Gasteiger partial charge is 0.336 e. The first-order chi connectivity index (χ1) is 16.2. The first kappa shape index (κ1) is 24.8. The molecule has 34 heavy (non-hydrogen) atoms. The molecule has 8 nitrogen and oxygen atoms in total. The van der Waals surface area contributed by atoms with E-state index < -0.39 is 20.0 Å². The fraction of sp³-hybridized carbons (Fsp3) is 0.458. The van der Waals surface area contributed by atoms with Gasteiger partial charge in [-0.15, -0.1) is 0 Å². The van der Waals surface area contributed by atoms with E-state index in [9.17, 15) is 21.6 Å². The van der Waals surface area contributed by atoms with Crippen molar-refractivity contribution in [2.45, 2.75) is 36.8 Å². The molecule has 0 unspecified atom stereocenters. The highest BCUT2D eigenvalue weighted by Crippen LogP contribution is 2.20. The zero-order valence-corrected chi connectivity index (χ0v) is 21.0. The van der Waals surface area contributed by atoms with Crippen molar-refractivity contribution < 1.29 is 21.6 Å². The van der Waals surface area contributed by atoms with Gasteiger partial charge in [-0.2, -0.15) is 4.31 Å². The maximum Gasteiger partial charge on any atom is 0.253 e. The Morgan fingerprint density at radius 2 is 1.32 bits per heavy atom. The molecule has 2 fully saturated rings. The SMILES string of the molecule is Cc1ccc(S(=O)(=O)N2CCN(C(=O)c3ccc(CS(=O)(=O)N4CCCCC4)cc3)CC2)cc1. The average molecular weight is 506 g/mol. The predicted molar refractivity (Wildman–Crippen MR) is 130 cm³/mol. The predicted octanol–water partition coefficient (Wildman–Crippen LogP) is 2.46. The molecule has 0 aromatic heterocycles. The molecule has 2 aliphatic heterocycles. The van der Waals surface area contributed by atoms with Crippen LogP contribution >= 0.6 is 0 Å². The van der Waals surface area contributed by atoms with Crippen LogP contribution in [-0.2, 0) is 25.8 Å². The van der Waals surface area contributed by atoms with Gasteiger partial charge in [-0.1, -0.05) is 36.2 Å². The number of carbonyl (C=O) groups excluding carboxylic acids is 1. The van der Waals surface area contributed by atoms with Gasteiger partial charge in [0, 0.05) is 44.8 Å². The van der Waals surface area contributed by atoms with Gasteiger partial charge in [-0.05, 0) is 49.6 Å². The van der Waals surface area contributed by atoms with E-state index in [4.69, 9.17) is 0 Å². The molecule has 2 aromatic rings. The number of sulfonamides is 2. The summed E-state index contributed by atoms with van der Waals surface area (Å²) in [7, 11) is -6.95. The van der Waals surface area contributed by atoms with E-state index >= 15 is 0 Å². The number of nitrogens with zero attached hydrogens (tertiary/aromatic N) is 3. The zero-order valence-electron chi connectivity index (χ0n) is 19.4. The van der Waals surface area contributed by atoms with Crippen LogP contribution in [0.25, 0.3) is 0 Å². The molecule has 1 amide bonds. The Morgan fingerprint density at radius 1 is 0.735 bits per heavy atom.